The van der Waals surface area contributed by atoms with Crippen LogP contribution in [0.4, 0.5) is 0 Å². The molecule has 2 heterocycles. The van der Waals surface area contributed by atoms with Crippen LogP contribution < -0.4 is 9.47 Å². The van der Waals surface area contributed by atoms with E-state index >= 15 is 0 Å². The van der Waals surface area contributed by atoms with Gasteiger partial charge in [-0.1, -0.05) is 48.6 Å². The maximum absolute atomic E-state index is 10.1. The summed E-state index contributed by atoms with van der Waals surface area (Å²) in [6, 6.07) is 21.9. The first kappa shape index (κ1) is 41.9. The van der Waals surface area contributed by atoms with E-state index in [4.69, 9.17) is 18.9 Å². The van der Waals surface area contributed by atoms with Crippen LogP contribution in [-0.4, -0.2) is 136 Å². The summed E-state index contributed by atoms with van der Waals surface area (Å²) in [5.41, 5.74) is 2.84. The first-order chi connectivity index (χ1) is 26.7. The van der Waals surface area contributed by atoms with Gasteiger partial charge in [-0.15, -0.1) is 0 Å². The fourth-order valence-electron chi connectivity index (χ4n) is 5.69. The standard InChI is InChI=1S/2C20H22O8/c2*21-10-16-17(24)18(25)19(26)20(28-16)27-15-8-12(7-14(23)9-15)2-1-11-3-5-13(22)6-4-11/h2*1-9,16-26H,10H2/b2*2-1+/t2*16-,17-,18+,19-,20-/m11/s1. The van der Waals surface area contributed by atoms with Gasteiger partial charge in [0.05, 0.1) is 13.2 Å². The van der Waals surface area contributed by atoms with Crippen molar-refractivity contribution in [2.45, 2.75) is 61.4 Å². The molecule has 2 aliphatic rings. The van der Waals surface area contributed by atoms with Crippen molar-refractivity contribution >= 4 is 24.3 Å². The highest BCUT2D eigenvalue weighted by Gasteiger charge is 2.45. The molecule has 0 radical (unpaired) electrons. The molecule has 56 heavy (non-hydrogen) atoms. The monoisotopic (exact) mass is 780 g/mol. The number of ether oxygens (including phenoxy) is 4. The predicted molar refractivity (Wildman–Crippen MR) is 199 cm³/mol. The summed E-state index contributed by atoms with van der Waals surface area (Å²) in [5.74, 6) is 0.457. The number of hydrogen-bond acceptors (Lipinski definition) is 16. The second kappa shape index (κ2) is 19.1. The van der Waals surface area contributed by atoms with E-state index in [9.17, 15) is 61.3 Å². The number of aliphatic hydroxyl groups excluding tert-OH is 8. The number of phenolic OH excluding ortho intramolecular Hbond substituents is 4. The third-order valence-corrected chi connectivity index (χ3v) is 8.75. The Balaban J connectivity index is 0.000000214. The van der Waals surface area contributed by atoms with Crippen molar-refractivity contribution in [3.63, 3.8) is 0 Å². The summed E-state index contributed by atoms with van der Waals surface area (Å²) in [7, 11) is 0. The molecule has 12 N–H and O–H groups in total. The van der Waals surface area contributed by atoms with Crippen molar-refractivity contribution in [3.05, 3.63) is 107 Å². The molecular weight excluding hydrogens is 736 g/mol. The van der Waals surface area contributed by atoms with Crippen LogP contribution in [0.25, 0.3) is 24.3 Å². The lowest BCUT2D eigenvalue weighted by atomic mass is 9.99. The summed E-state index contributed by atoms with van der Waals surface area (Å²) in [5, 5.41) is 116. The molecule has 0 amide bonds. The number of rotatable bonds is 10. The van der Waals surface area contributed by atoms with Gasteiger partial charge in [-0.3, -0.25) is 0 Å². The third-order valence-electron chi connectivity index (χ3n) is 8.75. The summed E-state index contributed by atoms with van der Waals surface area (Å²) in [4.78, 5) is 0. The van der Waals surface area contributed by atoms with Gasteiger partial charge in [-0.2, -0.15) is 0 Å². The Bertz CT molecular complexity index is 1770. The van der Waals surface area contributed by atoms with Gasteiger partial charge in [-0.25, -0.2) is 0 Å². The van der Waals surface area contributed by atoms with Crippen molar-refractivity contribution < 1.29 is 80.2 Å². The number of aliphatic hydroxyl groups is 8. The van der Waals surface area contributed by atoms with Crippen molar-refractivity contribution in [1.29, 1.82) is 0 Å². The van der Waals surface area contributed by atoms with Crippen LogP contribution in [0.3, 0.4) is 0 Å². The zero-order valence-corrected chi connectivity index (χ0v) is 29.6. The average molecular weight is 781 g/mol. The van der Waals surface area contributed by atoms with Crippen molar-refractivity contribution in [1.82, 2.24) is 0 Å². The molecule has 2 saturated heterocycles. The zero-order valence-electron chi connectivity index (χ0n) is 29.6. The lowest BCUT2D eigenvalue weighted by molar-refractivity contribution is -0.277. The van der Waals surface area contributed by atoms with Crippen LogP contribution in [0.2, 0.25) is 0 Å². The molecule has 0 aliphatic carbocycles. The van der Waals surface area contributed by atoms with Crippen LogP contribution in [0.5, 0.6) is 34.5 Å². The molecule has 0 aromatic heterocycles. The molecule has 6 rings (SSSR count). The molecule has 4 aromatic rings. The molecule has 4 aromatic carbocycles. The number of benzene rings is 4. The van der Waals surface area contributed by atoms with Crippen molar-refractivity contribution in [2.24, 2.45) is 0 Å². The lowest BCUT2D eigenvalue weighted by Crippen LogP contribution is -2.60. The van der Waals surface area contributed by atoms with E-state index in [0.717, 1.165) is 11.1 Å². The van der Waals surface area contributed by atoms with Gasteiger partial charge in [-0.05, 0) is 70.8 Å². The van der Waals surface area contributed by atoms with Crippen LogP contribution in [0, 0.1) is 0 Å². The quantitative estimate of drug-likeness (QED) is 0.0996. The van der Waals surface area contributed by atoms with Crippen LogP contribution >= 0.6 is 0 Å². The highest BCUT2D eigenvalue weighted by atomic mass is 16.7. The molecule has 0 saturated carbocycles. The minimum absolute atomic E-state index is 0.0903. The lowest BCUT2D eigenvalue weighted by Gasteiger charge is -2.39. The van der Waals surface area contributed by atoms with Gasteiger partial charge >= 0.3 is 0 Å². The molecule has 0 bridgehead atoms. The SMILES string of the molecule is OC[C@H]1O[C@@H](Oc2cc(O)cc(/C=C/c3ccc(O)cc3)c2)[C@H](O)[C@@H](O)[C@@H]1O.OC[C@H]1O[C@@H](Oc2cc(O)cc(/C=C/c3ccc(O)cc3)c2)[C@H](O)[C@@H](O)[C@@H]1O. The van der Waals surface area contributed by atoms with E-state index in [1.165, 1.54) is 24.3 Å². The second-order valence-electron chi connectivity index (χ2n) is 13.0. The Morgan fingerprint density at radius 1 is 0.411 bits per heavy atom. The second-order valence-corrected chi connectivity index (χ2v) is 13.0. The Labute approximate surface area is 320 Å². The minimum atomic E-state index is -1.55. The molecule has 16 nitrogen and oxygen atoms in total. The summed E-state index contributed by atoms with van der Waals surface area (Å²) >= 11 is 0. The normalized spacial score (nSPS) is 27.8. The highest BCUT2D eigenvalue weighted by molar-refractivity contribution is 5.72. The fourth-order valence-corrected chi connectivity index (χ4v) is 5.69. The Kier molecular flexibility index (Phi) is 14.3. The van der Waals surface area contributed by atoms with E-state index in [0.29, 0.717) is 11.1 Å². The average Bonchev–Trinajstić information content (AvgIpc) is 3.18. The van der Waals surface area contributed by atoms with Gasteiger partial charge in [0.2, 0.25) is 12.6 Å². The van der Waals surface area contributed by atoms with E-state index in [-0.39, 0.29) is 34.5 Å². The molecule has 0 spiro atoms. The maximum atomic E-state index is 10.1. The Hall–Kier alpha value is -5.24. The van der Waals surface area contributed by atoms with Crippen LogP contribution in [0.1, 0.15) is 22.3 Å². The first-order valence-electron chi connectivity index (χ1n) is 17.3. The van der Waals surface area contributed by atoms with Gasteiger partial charge < -0.3 is 80.2 Å². The number of hydrogen-bond donors (Lipinski definition) is 12. The minimum Gasteiger partial charge on any atom is -0.508 e. The summed E-state index contributed by atoms with van der Waals surface area (Å²) in [6.45, 7) is -1.13. The van der Waals surface area contributed by atoms with E-state index < -0.39 is 74.6 Å². The van der Waals surface area contributed by atoms with Gasteiger partial charge in [0.25, 0.3) is 0 Å². The van der Waals surface area contributed by atoms with E-state index in [1.54, 1.807) is 85.0 Å². The van der Waals surface area contributed by atoms with Crippen molar-refractivity contribution in [3.8, 4) is 34.5 Å². The van der Waals surface area contributed by atoms with Crippen molar-refractivity contribution in [2.75, 3.05) is 13.2 Å². The Morgan fingerprint density at radius 3 is 1.09 bits per heavy atom. The first-order valence-corrected chi connectivity index (χ1v) is 17.3. The maximum Gasteiger partial charge on any atom is 0.229 e. The summed E-state index contributed by atoms with van der Waals surface area (Å²) < 4.78 is 21.7. The van der Waals surface area contributed by atoms with Gasteiger partial charge in [0.15, 0.2) is 0 Å². The number of aromatic hydroxyl groups is 4. The molecule has 0 unspecified atom stereocenters. The van der Waals surface area contributed by atoms with E-state index in [1.807, 2.05) is 0 Å². The van der Waals surface area contributed by atoms with E-state index in [2.05, 4.69) is 0 Å². The fraction of sp³-hybridized carbons (Fsp3) is 0.300. The van der Waals surface area contributed by atoms with Crippen LogP contribution in [-0.2, 0) is 9.47 Å². The highest BCUT2D eigenvalue weighted by Crippen LogP contribution is 2.30. The van der Waals surface area contributed by atoms with Crippen LogP contribution in [0.15, 0.2) is 84.9 Å². The molecule has 300 valence electrons. The molecule has 10 atom stereocenters. The third kappa shape index (κ3) is 11.0. The summed E-state index contributed by atoms with van der Waals surface area (Å²) in [6.07, 6.45) is -7.05. The Morgan fingerprint density at radius 2 is 0.750 bits per heavy atom. The molecule has 2 aliphatic heterocycles. The van der Waals surface area contributed by atoms with Gasteiger partial charge in [0.1, 0.15) is 83.3 Å². The zero-order chi connectivity index (χ0) is 40.5. The smallest absolute Gasteiger partial charge is 0.229 e. The largest absolute Gasteiger partial charge is 0.508 e. The molecule has 2 fully saturated rings. The predicted octanol–water partition coefficient (Wildman–Crippen LogP) is 0.894. The topological polar surface area (TPSA) is 280 Å². The molecular formula is C40H44O16. The molecule has 16 heteroatoms. The van der Waals surface area contributed by atoms with Gasteiger partial charge in [0, 0.05) is 12.1 Å². The number of phenols is 4.